The van der Waals surface area contributed by atoms with Gasteiger partial charge >= 0.3 is 0 Å². The summed E-state index contributed by atoms with van der Waals surface area (Å²) in [5.74, 6) is -0.104. The standard InChI is InChI=1S/C14H15NO4S/c16-12-7-5-11(6-8-12)9-10-15-20(18,19)14-4-2-1-3-13(14)17/h1-8,15-17H,9-10H2. The van der Waals surface area contributed by atoms with Crippen LogP contribution in [0.3, 0.4) is 0 Å². The van der Waals surface area contributed by atoms with Crippen molar-refractivity contribution in [2.24, 2.45) is 0 Å². The van der Waals surface area contributed by atoms with Gasteiger partial charge in [0.15, 0.2) is 0 Å². The molecule has 2 rings (SSSR count). The topological polar surface area (TPSA) is 86.6 Å². The molecular weight excluding hydrogens is 278 g/mol. The molecule has 3 N–H and O–H groups in total. The van der Waals surface area contributed by atoms with E-state index in [9.17, 15) is 13.5 Å². The molecule has 0 amide bonds. The van der Waals surface area contributed by atoms with Crippen LogP contribution in [0.15, 0.2) is 53.4 Å². The number of nitrogens with one attached hydrogen (secondary N) is 1. The lowest BCUT2D eigenvalue weighted by molar-refractivity contribution is 0.458. The number of rotatable bonds is 5. The normalized spacial score (nSPS) is 11.4. The zero-order valence-electron chi connectivity index (χ0n) is 10.7. The van der Waals surface area contributed by atoms with E-state index in [0.717, 1.165) is 5.56 Å². The van der Waals surface area contributed by atoms with E-state index in [2.05, 4.69) is 4.72 Å². The molecule has 0 aliphatic rings. The van der Waals surface area contributed by atoms with Crippen LogP contribution in [0.2, 0.25) is 0 Å². The summed E-state index contributed by atoms with van der Waals surface area (Å²) in [5.41, 5.74) is 0.905. The second-order valence-electron chi connectivity index (χ2n) is 4.28. The molecule has 0 heterocycles. The van der Waals surface area contributed by atoms with Crippen LogP contribution in [0, 0.1) is 0 Å². The minimum absolute atomic E-state index is 0.134. The summed E-state index contributed by atoms with van der Waals surface area (Å²) in [7, 11) is -3.72. The van der Waals surface area contributed by atoms with Gasteiger partial charge in [0.25, 0.3) is 0 Å². The summed E-state index contributed by atoms with van der Waals surface area (Å²) >= 11 is 0. The van der Waals surface area contributed by atoms with E-state index in [0.29, 0.717) is 6.42 Å². The minimum atomic E-state index is -3.72. The first-order valence-electron chi connectivity index (χ1n) is 6.04. The minimum Gasteiger partial charge on any atom is -0.508 e. The predicted octanol–water partition coefficient (Wildman–Crippen LogP) is 1.62. The fraction of sp³-hybridized carbons (Fsp3) is 0.143. The van der Waals surface area contributed by atoms with Crippen molar-refractivity contribution in [3.8, 4) is 11.5 Å². The van der Waals surface area contributed by atoms with Gasteiger partial charge in [-0.05, 0) is 36.2 Å². The van der Waals surface area contributed by atoms with Gasteiger partial charge in [-0.25, -0.2) is 13.1 Å². The van der Waals surface area contributed by atoms with Crippen molar-refractivity contribution in [2.45, 2.75) is 11.3 Å². The summed E-state index contributed by atoms with van der Waals surface area (Å²) in [6.45, 7) is 0.210. The van der Waals surface area contributed by atoms with E-state index < -0.39 is 10.0 Å². The average Bonchev–Trinajstić information content (AvgIpc) is 2.41. The Bertz CT molecular complexity index is 681. The number of sulfonamides is 1. The molecule has 0 atom stereocenters. The van der Waals surface area contributed by atoms with E-state index in [1.54, 1.807) is 36.4 Å². The highest BCUT2D eigenvalue weighted by Crippen LogP contribution is 2.20. The highest BCUT2D eigenvalue weighted by molar-refractivity contribution is 7.89. The van der Waals surface area contributed by atoms with E-state index in [1.807, 2.05) is 0 Å². The molecule has 0 aliphatic carbocycles. The third kappa shape index (κ3) is 3.49. The van der Waals surface area contributed by atoms with Crippen LogP contribution in [0.4, 0.5) is 0 Å². The summed E-state index contributed by atoms with van der Waals surface area (Å²) in [6, 6.07) is 12.3. The first kappa shape index (κ1) is 14.4. The second-order valence-corrected chi connectivity index (χ2v) is 6.02. The maximum atomic E-state index is 12.0. The van der Waals surface area contributed by atoms with Crippen molar-refractivity contribution in [3.63, 3.8) is 0 Å². The maximum absolute atomic E-state index is 12.0. The molecule has 0 saturated carbocycles. The Hall–Kier alpha value is -2.05. The van der Waals surface area contributed by atoms with E-state index in [4.69, 9.17) is 5.11 Å². The quantitative estimate of drug-likeness (QED) is 0.782. The van der Waals surface area contributed by atoms with Crippen LogP contribution in [0.1, 0.15) is 5.56 Å². The summed E-state index contributed by atoms with van der Waals surface area (Å²) < 4.78 is 26.4. The Labute approximate surface area is 117 Å². The molecular formula is C14H15NO4S. The van der Waals surface area contributed by atoms with Crippen molar-refractivity contribution < 1.29 is 18.6 Å². The molecule has 5 nitrogen and oxygen atoms in total. The predicted molar refractivity (Wildman–Crippen MR) is 75.1 cm³/mol. The lowest BCUT2D eigenvalue weighted by Crippen LogP contribution is -2.26. The van der Waals surface area contributed by atoms with Crippen LogP contribution >= 0.6 is 0 Å². The van der Waals surface area contributed by atoms with Crippen molar-refractivity contribution >= 4 is 10.0 Å². The summed E-state index contributed by atoms with van der Waals surface area (Å²) in [4.78, 5) is -0.134. The van der Waals surface area contributed by atoms with Gasteiger partial charge in [-0.1, -0.05) is 24.3 Å². The molecule has 2 aromatic carbocycles. The van der Waals surface area contributed by atoms with Crippen molar-refractivity contribution in [1.29, 1.82) is 0 Å². The van der Waals surface area contributed by atoms with Crippen LogP contribution in [-0.2, 0) is 16.4 Å². The molecule has 0 radical (unpaired) electrons. The number of phenolic OH excluding ortho intramolecular Hbond substituents is 2. The molecule has 2 aromatic rings. The molecule has 106 valence electrons. The fourth-order valence-corrected chi connectivity index (χ4v) is 2.88. The van der Waals surface area contributed by atoms with Crippen LogP contribution in [-0.4, -0.2) is 25.2 Å². The highest BCUT2D eigenvalue weighted by Gasteiger charge is 2.17. The number of aromatic hydroxyl groups is 2. The molecule has 0 saturated heterocycles. The Balaban J connectivity index is 2.00. The second kappa shape index (κ2) is 5.94. The largest absolute Gasteiger partial charge is 0.508 e. The molecule has 0 fully saturated rings. The molecule has 6 heteroatoms. The molecule has 0 spiro atoms. The third-order valence-corrected chi connectivity index (χ3v) is 4.31. The monoisotopic (exact) mass is 293 g/mol. The van der Waals surface area contributed by atoms with Crippen molar-refractivity contribution in [2.75, 3.05) is 6.54 Å². The van der Waals surface area contributed by atoms with Crippen LogP contribution in [0.5, 0.6) is 11.5 Å². The number of phenols is 2. The number of benzene rings is 2. The maximum Gasteiger partial charge on any atom is 0.244 e. The van der Waals surface area contributed by atoms with Crippen LogP contribution in [0.25, 0.3) is 0 Å². The number of para-hydroxylation sites is 1. The smallest absolute Gasteiger partial charge is 0.244 e. The Morgan fingerprint density at radius 2 is 1.60 bits per heavy atom. The SMILES string of the molecule is O=S(=O)(NCCc1ccc(O)cc1)c1ccccc1O. The third-order valence-electron chi connectivity index (χ3n) is 2.80. The first-order valence-corrected chi connectivity index (χ1v) is 7.53. The van der Waals surface area contributed by atoms with Crippen molar-refractivity contribution in [1.82, 2.24) is 4.72 Å². The molecule has 20 heavy (non-hydrogen) atoms. The van der Waals surface area contributed by atoms with Gasteiger partial charge in [-0.3, -0.25) is 0 Å². The summed E-state index contributed by atoms with van der Waals surface area (Å²) in [5, 5.41) is 18.7. The molecule has 0 unspecified atom stereocenters. The van der Waals surface area contributed by atoms with E-state index >= 15 is 0 Å². The Morgan fingerprint density at radius 3 is 2.25 bits per heavy atom. The van der Waals surface area contributed by atoms with Gasteiger partial charge in [-0.2, -0.15) is 0 Å². The molecule has 0 bridgehead atoms. The molecule has 0 aliphatic heterocycles. The summed E-state index contributed by atoms with van der Waals surface area (Å²) in [6.07, 6.45) is 0.493. The zero-order valence-corrected chi connectivity index (χ0v) is 11.5. The lowest BCUT2D eigenvalue weighted by Gasteiger charge is -2.08. The van der Waals surface area contributed by atoms with E-state index in [1.165, 1.54) is 12.1 Å². The molecule has 0 aromatic heterocycles. The fourth-order valence-electron chi connectivity index (χ4n) is 1.75. The highest BCUT2D eigenvalue weighted by atomic mass is 32.2. The number of hydrogen-bond acceptors (Lipinski definition) is 4. The Kier molecular flexibility index (Phi) is 4.26. The van der Waals surface area contributed by atoms with Crippen molar-refractivity contribution in [3.05, 3.63) is 54.1 Å². The van der Waals surface area contributed by atoms with E-state index in [-0.39, 0.29) is 22.9 Å². The van der Waals surface area contributed by atoms with Gasteiger partial charge in [-0.15, -0.1) is 0 Å². The van der Waals surface area contributed by atoms with Gasteiger partial charge in [0.1, 0.15) is 16.4 Å². The zero-order chi connectivity index (χ0) is 14.6. The lowest BCUT2D eigenvalue weighted by atomic mass is 10.1. The van der Waals surface area contributed by atoms with Crippen LogP contribution < -0.4 is 4.72 Å². The Morgan fingerprint density at radius 1 is 0.950 bits per heavy atom. The average molecular weight is 293 g/mol. The van der Waals surface area contributed by atoms with Gasteiger partial charge in [0.2, 0.25) is 10.0 Å². The first-order chi connectivity index (χ1) is 9.49. The van der Waals surface area contributed by atoms with Gasteiger partial charge in [0.05, 0.1) is 0 Å². The van der Waals surface area contributed by atoms with Gasteiger partial charge in [0, 0.05) is 6.54 Å². The van der Waals surface area contributed by atoms with Gasteiger partial charge < -0.3 is 10.2 Å². The number of hydrogen-bond donors (Lipinski definition) is 3.